The molecule has 2 aliphatic rings. The van der Waals surface area contributed by atoms with Crippen molar-refractivity contribution in [3.8, 4) is 5.75 Å². The number of carbonyl (C=O) groups excluding carboxylic acids is 2. The number of anilines is 1. The zero-order chi connectivity index (χ0) is 18.5. The summed E-state index contributed by atoms with van der Waals surface area (Å²) in [6.45, 7) is 5.96. The molecule has 26 heavy (non-hydrogen) atoms. The van der Waals surface area contributed by atoms with E-state index in [1.807, 2.05) is 25.1 Å². The van der Waals surface area contributed by atoms with Crippen molar-refractivity contribution >= 4 is 17.5 Å². The van der Waals surface area contributed by atoms with Crippen molar-refractivity contribution in [1.82, 2.24) is 15.1 Å². The van der Waals surface area contributed by atoms with E-state index in [1.54, 1.807) is 7.11 Å². The molecule has 1 heterocycles. The molecule has 7 nitrogen and oxygen atoms in total. The first-order chi connectivity index (χ1) is 12.5. The van der Waals surface area contributed by atoms with Crippen LogP contribution in [0.1, 0.15) is 18.4 Å². The molecule has 0 atom stereocenters. The Labute approximate surface area is 154 Å². The van der Waals surface area contributed by atoms with Gasteiger partial charge >= 0.3 is 0 Å². The van der Waals surface area contributed by atoms with Crippen LogP contribution in [0.4, 0.5) is 5.69 Å². The summed E-state index contributed by atoms with van der Waals surface area (Å²) in [4.78, 5) is 28.5. The number of piperazine rings is 1. The molecule has 0 aromatic heterocycles. The molecule has 1 saturated heterocycles. The van der Waals surface area contributed by atoms with Gasteiger partial charge < -0.3 is 15.4 Å². The highest BCUT2D eigenvalue weighted by Crippen LogP contribution is 2.25. The van der Waals surface area contributed by atoms with Gasteiger partial charge in [-0.3, -0.25) is 19.4 Å². The lowest BCUT2D eigenvalue weighted by atomic mass is 10.2. The number of methoxy groups -OCH3 is 1. The number of hydrogen-bond donors (Lipinski definition) is 2. The Bertz CT molecular complexity index is 652. The van der Waals surface area contributed by atoms with E-state index in [1.165, 1.54) is 0 Å². The quantitative estimate of drug-likeness (QED) is 0.754. The van der Waals surface area contributed by atoms with E-state index >= 15 is 0 Å². The summed E-state index contributed by atoms with van der Waals surface area (Å²) in [6, 6.07) is 6.13. The van der Waals surface area contributed by atoms with Crippen LogP contribution in [0.25, 0.3) is 0 Å². The molecule has 2 amide bonds. The lowest BCUT2D eigenvalue weighted by molar-refractivity contribution is -0.123. The SMILES string of the molecule is COc1ccc(C)cc1NC(=O)CN1CCN(CC(=O)NC2CC2)CC1. The van der Waals surface area contributed by atoms with Gasteiger partial charge in [-0.15, -0.1) is 0 Å². The Hall–Kier alpha value is -2.12. The number of hydrogen-bond acceptors (Lipinski definition) is 5. The van der Waals surface area contributed by atoms with Gasteiger partial charge in [-0.25, -0.2) is 0 Å². The highest BCUT2D eigenvalue weighted by molar-refractivity contribution is 5.93. The van der Waals surface area contributed by atoms with Gasteiger partial charge in [0.25, 0.3) is 0 Å². The van der Waals surface area contributed by atoms with Crippen LogP contribution < -0.4 is 15.4 Å². The van der Waals surface area contributed by atoms with Crippen LogP contribution in [0, 0.1) is 6.92 Å². The maximum absolute atomic E-state index is 12.4. The summed E-state index contributed by atoms with van der Waals surface area (Å²) >= 11 is 0. The number of nitrogens with zero attached hydrogens (tertiary/aromatic N) is 2. The molecule has 142 valence electrons. The van der Waals surface area contributed by atoms with E-state index in [0.29, 0.717) is 30.6 Å². The summed E-state index contributed by atoms with van der Waals surface area (Å²) in [5.74, 6) is 0.731. The number of nitrogens with one attached hydrogen (secondary N) is 2. The zero-order valence-corrected chi connectivity index (χ0v) is 15.6. The molecule has 7 heteroatoms. The zero-order valence-electron chi connectivity index (χ0n) is 15.6. The smallest absolute Gasteiger partial charge is 0.238 e. The summed E-state index contributed by atoms with van der Waals surface area (Å²) in [5.41, 5.74) is 1.77. The fourth-order valence-electron chi connectivity index (χ4n) is 3.12. The molecule has 0 radical (unpaired) electrons. The third kappa shape index (κ3) is 5.44. The van der Waals surface area contributed by atoms with Gasteiger partial charge in [0.1, 0.15) is 5.75 Å². The number of carbonyl (C=O) groups is 2. The number of ether oxygens (including phenoxy) is 1. The molecule has 3 rings (SSSR count). The molecule has 1 aromatic carbocycles. The van der Waals surface area contributed by atoms with Gasteiger partial charge in [-0.2, -0.15) is 0 Å². The second-order valence-corrected chi connectivity index (χ2v) is 7.15. The molecule has 1 aromatic rings. The highest BCUT2D eigenvalue weighted by Gasteiger charge is 2.25. The third-order valence-electron chi connectivity index (χ3n) is 4.77. The first-order valence-electron chi connectivity index (χ1n) is 9.22. The van der Waals surface area contributed by atoms with Crippen molar-refractivity contribution in [3.63, 3.8) is 0 Å². The standard InChI is InChI=1S/C19H28N4O3/c1-14-3-6-17(26-2)16(11-14)21-19(25)13-23-9-7-22(8-10-23)12-18(24)20-15-4-5-15/h3,6,11,15H,4-5,7-10,12-13H2,1-2H3,(H,20,24)(H,21,25). The van der Waals surface area contributed by atoms with E-state index in [-0.39, 0.29) is 11.8 Å². The van der Waals surface area contributed by atoms with E-state index in [9.17, 15) is 9.59 Å². The van der Waals surface area contributed by atoms with Crippen molar-refractivity contribution in [2.24, 2.45) is 0 Å². The van der Waals surface area contributed by atoms with Gasteiger partial charge in [-0.05, 0) is 37.5 Å². The fraction of sp³-hybridized carbons (Fsp3) is 0.579. The Kier molecular flexibility index (Phi) is 6.11. The summed E-state index contributed by atoms with van der Waals surface area (Å²) in [5, 5.41) is 5.96. The van der Waals surface area contributed by atoms with Crippen molar-refractivity contribution in [2.75, 3.05) is 51.7 Å². The molecule has 0 spiro atoms. The first-order valence-corrected chi connectivity index (χ1v) is 9.22. The van der Waals surface area contributed by atoms with Crippen LogP contribution in [-0.4, -0.2) is 74.0 Å². The maximum Gasteiger partial charge on any atom is 0.238 e. The van der Waals surface area contributed by atoms with Crippen LogP contribution in [-0.2, 0) is 9.59 Å². The van der Waals surface area contributed by atoms with Crippen LogP contribution in [0.5, 0.6) is 5.75 Å². The largest absolute Gasteiger partial charge is 0.495 e. The predicted molar refractivity (Wildman–Crippen MR) is 100 cm³/mol. The molecule has 2 N–H and O–H groups in total. The number of benzene rings is 1. The Balaban J connectivity index is 1.41. The van der Waals surface area contributed by atoms with E-state index in [2.05, 4.69) is 20.4 Å². The van der Waals surface area contributed by atoms with Gasteiger partial charge in [-0.1, -0.05) is 6.07 Å². The van der Waals surface area contributed by atoms with Crippen LogP contribution in [0.2, 0.25) is 0 Å². The first kappa shape index (κ1) is 18.7. The molecular weight excluding hydrogens is 332 g/mol. The predicted octanol–water partition coefficient (Wildman–Crippen LogP) is 0.838. The average Bonchev–Trinajstić information content (AvgIpc) is 3.40. The van der Waals surface area contributed by atoms with Crippen LogP contribution >= 0.6 is 0 Å². The second-order valence-electron chi connectivity index (χ2n) is 7.15. The third-order valence-corrected chi connectivity index (χ3v) is 4.77. The Morgan fingerprint density at radius 3 is 2.27 bits per heavy atom. The lowest BCUT2D eigenvalue weighted by Crippen LogP contribution is -2.51. The van der Waals surface area contributed by atoms with Crippen molar-refractivity contribution in [2.45, 2.75) is 25.8 Å². The summed E-state index contributed by atoms with van der Waals surface area (Å²) in [6.07, 6.45) is 2.22. The molecule has 0 bridgehead atoms. The van der Waals surface area contributed by atoms with Gasteiger partial charge in [0.2, 0.25) is 11.8 Å². The minimum Gasteiger partial charge on any atom is -0.495 e. The number of aryl methyl sites for hydroxylation is 1. The molecule has 1 aliphatic heterocycles. The monoisotopic (exact) mass is 360 g/mol. The van der Waals surface area contributed by atoms with Crippen molar-refractivity contribution < 1.29 is 14.3 Å². The molecule has 2 fully saturated rings. The molecule has 0 unspecified atom stereocenters. The summed E-state index contributed by atoms with van der Waals surface area (Å²) in [7, 11) is 1.60. The van der Waals surface area contributed by atoms with E-state index in [4.69, 9.17) is 4.74 Å². The van der Waals surface area contributed by atoms with Crippen molar-refractivity contribution in [1.29, 1.82) is 0 Å². The van der Waals surface area contributed by atoms with Crippen LogP contribution in [0.15, 0.2) is 18.2 Å². The lowest BCUT2D eigenvalue weighted by Gasteiger charge is -2.33. The Morgan fingerprint density at radius 1 is 1.08 bits per heavy atom. The van der Waals surface area contributed by atoms with Gasteiger partial charge in [0, 0.05) is 32.2 Å². The highest BCUT2D eigenvalue weighted by atomic mass is 16.5. The van der Waals surface area contributed by atoms with Gasteiger partial charge in [0.05, 0.1) is 25.9 Å². The Morgan fingerprint density at radius 2 is 1.69 bits per heavy atom. The topological polar surface area (TPSA) is 73.9 Å². The fourth-order valence-corrected chi connectivity index (χ4v) is 3.12. The minimum atomic E-state index is -0.0474. The molecular formula is C19H28N4O3. The maximum atomic E-state index is 12.4. The minimum absolute atomic E-state index is 0.0474. The van der Waals surface area contributed by atoms with Gasteiger partial charge in [0.15, 0.2) is 0 Å². The summed E-state index contributed by atoms with van der Waals surface area (Å²) < 4.78 is 5.30. The number of amides is 2. The van der Waals surface area contributed by atoms with E-state index < -0.39 is 0 Å². The molecule has 1 aliphatic carbocycles. The normalized spacial score (nSPS) is 18.4. The molecule has 1 saturated carbocycles. The average molecular weight is 360 g/mol. The second kappa shape index (κ2) is 8.51. The van der Waals surface area contributed by atoms with Crippen molar-refractivity contribution in [3.05, 3.63) is 23.8 Å². The van der Waals surface area contributed by atoms with Crippen LogP contribution in [0.3, 0.4) is 0 Å². The van der Waals surface area contributed by atoms with E-state index in [0.717, 1.165) is 44.6 Å². The number of rotatable bonds is 7.